The number of aromatic hydroxyl groups is 1. The Labute approximate surface area is 317 Å². The Hall–Kier alpha value is -5.08. The molecular weight excluding hydrogens is 712 g/mol. The average Bonchev–Trinajstić information content (AvgIpc) is 3.78. The van der Waals surface area contributed by atoms with Gasteiger partial charge in [-0.15, -0.1) is 10.2 Å². The minimum Gasteiger partial charge on any atom is -0.506 e. The van der Waals surface area contributed by atoms with E-state index in [4.69, 9.17) is 26.2 Å². The van der Waals surface area contributed by atoms with E-state index in [2.05, 4.69) is 25.7 Å². The topological polar surface area (TPSA) is 131 Å². The number of phenols is 1. The second kappa shape index (κ2) is 15.9. The Morgan fingerprint density at radius 2 is 1.83 bits per heavy atom. The quantitative estimate of drug-likeness (QED) is 0.124. The summed E-state index contributed by atoms with van der Waals surface area (Å²) in [7, 11) is 0. The molecule has 0 aliphatic carbocycles. The highest BCUT2D eigenvalue weighted by atomic mass is 35.5. The first kappa shape index (κ1) is 36.3. The molecule has 1 fully saturated rings. The molecule has 0 bridgehead atoms. The predicted octanol–water partition coefficient (Wildman–Crippen LogP) is 7.42. The van der Waals surface area contributed by atoms with Crippen molar-refractivity contribution < 1.29 is 19.4 Å². The maximum absolute atomic E-state index is 13.3. The SMILES string of the molecule is CC(C)(C)c1cc(NC(=O)NCc2ccccc2Sc2ccc3nnc(-c4cccc(OCCN5CCOCC5)c4)n3c2)n(-c2ccc(Cl)c(O)c2)n1. The minimum atomic E-state index is -0.396. The van der Waals surface area contributed by atoms with E-state index in [1.165, 1.54) is 6.07 Å². The minimum absolute atomic E-state index is 0.0735. The molecule has 1 aliphatic heterocycles. The number of hydrogen-bond donors (Lipinski definition) is 3. The third kappa shape index (κ3) is 8.77. The lowest BCUT2D eigenvalue weighted by molar-refractivity contribution is 0.0322. The largest absolute Gasteiger partial charge is 0.506 e. The third-order valence-electron chi connectivity index (χ3n) is 8.78. The van der Waals surface area contributed by atoms with Gasteiger partial charge in [0.15, 0.2) is 11.5 Å². The molecule has 3 aromatic heterocycles. The molecule has 2 amide bonds. The van der Waals surface area contributed by atoms with E-state index in [1.54, 1.807) is 28.6 Å². The van der Waals surface area contributed by atoms with Crippen LogP contribution < -0.4 is 15.4 Å². The number of phenolic OH excluding ortho intramolecular Hbond substituents is 1. The summed E-state index contributed by atoms with van der Waals surface area (Å²) in [5, 5.41) is 30.0. The number of halogens is 1. The van der Waals surface area contributed by atoms with Crippen LogP contribution in [-0.2, 0) is 16.7 Å². The van der Waals surface area contributed by atoms with Crippen molar-refractivity contribution in [3.63, 3.8) is 0 Å². The highest BCUT2D eigenvalue weighted by Crippen LogP contribution is 2.33. The summed E-state index contributed by atoms with van der Waals surface area (Å²) >= 11 is 7.64. The average molecular weight is 753 g/mol. The fraction of sp³-hybridized carbons (Fsp3) is 0.282. The van der Waals surface area contributed by atoms with Crippen LogP contribution in [0.25, 0.3) is 22.7 Å². The Morgan fingerprint density at radius 1 is 1.00 bits per heavy atom. The van der Waals surface area contributed by atoms with Gasteiger partial charge in [-0.3, -0.25) is 14.6 Å². The Morgan fingerprint density at radius 3 is 2.64 bits per heavy atom. The molecule has 3 N–H and O–H groups in total. The van der Waals surface area contributed by atoms with Gasteiger partial charge < -0.3 is 19.9 Å². The first-order valence-electron chi connectivity index (χ1n) is 17.4. The lowest BCUT2D eigenvalue weighted by Crippen LogP contribution is -2.38. The number of carbonyl (C=O) groups excluding carboxylic acids is 1. The van der Waals surface area contributed by atoms with Crippen molar-refractivity contribution in [2.45, 2.75) is 42.5 Å². The van der Waals surface area contributed by atoms with Crippen molar-refractivity contribution in [3.05, 3.63) is 107 Å². The summed E-state index contributed by atoms with van der Waals surface area (Å²) in [5.41, 5.74) is 3.65. The normalized spacial score (nSPS) is 13.7. The zero-order valence-electron chi connectivity index (χ0n) is 29.8. The van der Waals surface area contributed by atoms with Crippen LogP contribution >= 0.6 is 23.4 Å². The van der Waals surface area contributed by atoms with E-state index in [0.29, 0.717) is 18.1 Å². The molecule has 0 unspecified atom stereocenters. The number of anilines is 1. The van der Waals surface area contributed by atoms with Gasteiger partial charge in [-0.1, -0.05) is 74.5 Å². The number of ether oxygens (including phenoxy) is 2. The Balaban J connectivity index is 1.03. The fourth-order valence-corrected chi connectivity index (χ4v) is 6.93. The summed E-state index contributed by atoms with van der Waals surface area (Å²) in [6.45, 7) is 11.2. The number of nitrogens with zero attached hydrogens (tertiary/aromatic N) is 6. The van der Waals surface area contributed by atoms with Gasteiger partial charge in [-0.25, -0.2) is 9.48 Å². The lowest BCUT2D eigenvalue weighted by atomic mass is 9.92. The second-order valence-electron chi connectivity index (χ2n) is 13.7. The number of morpholine rings is 1. The van der Waals surface area contributed by atoms with Gasteiger partial charge in [0.2, 0.25) is 0 Å². The number of carbonyl (C=O) groups is 1. The molecule has 1 saturated heterocycles. The molecule has 274 valence electrons. The summed E-state index contributed by atoms with van der Waals surface area (Å²) in [6.07, 6.45) is 2.03. The number of fused-ring (bicyclic) bond motifs is 1. The molecule has 0 spiro atoms. The van der Waals surface area contributed by atoms with Crippen LogP contribution in [0.5, 0.6) is 11.5 Å². The lowest BCUT2D eigenvalue weighted by Gasteiger charge is -2.26. The second-order valence-corrected chi connectivity index (χ2v) is 15.2. The number of pyridine rings is 1. The summed E-state index contributed by atoms with van der Waals surface area (Å²) in [6, 6.07) is 26.1. The van der Waals surface area contributed by atoms with Crippen LogP contribution in [0.4, 0.5) is 10.6 Å². The standard InChI is InChI=1S/C39H41ClN8O4S/c1-39(2,3)34-23-36(48(45-34)28-11-13-31(40)32(49)22-28)42-38(50)41-24-27-7-4-5-10-33(27)53-30-12-14-35-43-44-37(47(35)25-30)26-8-6-9-29(21-26)52-20-17-46-15-18-51-19-16-46/h4-14,21-23,25,49H,15-20,24H2,1-3H3,(H2,41,42,50). The zero-order valence-corrected chi connectivity index (χ0v) is 31.3. The Kier molecular flexibility index (Phi) is 10.9. The van der Waals surface area contributed by atoms with Crippen molar-refractivity contribution in [1.82, 2.24) is 34.6 Å². The van der Waals surface area contributed by atoms with Crippen LogP contribution in [0.1, 0.15) is 32.0 Å². The molecule has 12 nitrogen and oxygen atoms in total. The first-order valence-corrected chi connectivity index (χ1v) is 18.6. The van der Waals surface area contributed by atoms with Gasteiger partial charge in [-0.05, 0) is 48.0 Å². The molecule has 6 aromatic rings. The summed E-state index contributed by atoms with van der Waals surface area (Å²) in [4.78, 5) is 17.6. The van der Waals surface area contributed by atoms with Crippen LogP contribution in [-0.4, -0.2) is 79.9 Å². The molecule has 0 atom stereocenters. The van der Waals surface area contributed by atoms with Crippen LogP contribution in [0.15, 0.2) is 101 Å². The van der Waals surface area contributed by atoms with Crippen molar-refractivity contribution in [1.29, 1.82) is 0 Å². The molecule has 4 heterocycles. The molecule has 14 heteroatoms. The van der Waals surface area contributed by atoms with Crippen molar-refractivity contribution in [2.24, 2.45) is 0 Å². The molecule has 3 aromatic carbocycles. The molecule has 0 radical (unpaired) electrons. The van der Waals surface area contributed by atoms with Crippen LogP contribution in [0.3, 0.4) is 0 Å². The van der Waals surface area contributed by atoms with Gasteiger partial charge in [0.05, 0.1) is 29.6 Å². The van der Waals surface area contributed by atoms with Crippen LogP contribution in [0, 0.1) is 0 Å². The van der Waals surface area contributed by atoms with Gasteiger partial charge in [0, 0.05) is 65.3 Å². The molecule has 53 heavy (non-hydrogen) atoms. The number of hydrogen-bond acceptors (Lipinski definition) is 9. The number of aromatic nitrogens is 5. The monoisotopic (exact) mass is 752 g/mol. The highest BCUT2D eigenvalue weighted by Gasteiger charge is 2.22. The Bertz CT molecular complexity index is 2230. The number of rotatable bonds is 11. The summed E-state index contributed by atoms with van der Waals surface area (Å²) < 4.78 is 15.1. The number of amides is 2. The maximum atomic E-state index is 13.3. The van der Waals surface area contributed by atoms with E-state index in [0.717, 1.165) is 76.7 Å². The van der Waals surface area contributed by atoms with Crippen molar-refractivity contribution in [2.75, 3.05) is 44.8 Å². The van der Waals surface area contributed by atoms with Gasteiger partial charge >= 0.3 is 6.03 Å². The highest BCUT2D eigenvalue weighted by molar-refractivity contribution is 7.99. The third-order valence-corrected chi connectivity index (χ3v) is 10.2. The zero-order chi connectivity index (χ0) is 37.0. The van der Waals surface area contributed by atoms with E-state index in [9.17, 15) is 9.90 Å². The molecule has 7 rings (SSSR count). The fourth-order valence-electron chi connectivity index (χ4n) is 5.85. The smallest absolute Gasteiger partial charge is 0.320 e. The van der Waals surface area contributed by atoms with Gasteiger partial charge in [0.25, 0.3) is 0 Å². The van der Waals surface area contributed by atoms with Crippen molar-refractivity contribution in [3.8, 4) is 28.6 Å². The molecule has 1 aliphatic rings. The van der Waals surface area contributed by atoms with Crippen LogP contribution in [0.2, 0.25) is 5.02 Å². The van der Waals surface area contributed by atoms with Crippen molar-refractivity contribution >= 4 is 40.9 Å². The number of urea groups is 1. The number of benzene rings is 3. The first-order chi connectivity index (χ1) is 25.6. The van der Waals surface area contributed by atoms with E-state index >= 15 is 0 Å². The van der Waals surface area contributed by atoms with E-state index < -0.39 is 6.03 Å². The van der Waals surface area contributed by atoms with E-state index in [1.807, 2.05) is 98.1 Å². The maximum Gasteiger partial charge on any atom is 0.320 e. The number of nitrogens with one attached hydrogen (secondary N) is 2. The predicted molar refractivity (Wildman–Crippen MR) is 207 cm³/mol. The van der Waals surface area contributed by atoms with Gasteiger partial charge in [-0.2, -0.15) is 5.10 Å². The summed E-state index contributed by atoms with van der Waals surface area (Å²) in [5.74, 6) is 1.89. The van der Waals surface area contributed by atoms with E-state index in [-0.39, 0.29) is 22.7 Å². The molecule has 0 saturated carbocycles. The van der Waals surface area contributed by atoms with Gasteiger partial charge in [0.1, 0.15) is 23.9 Å². The molecular formula is C39H41ClN8O4S.